The molecule has 2 aromatic rings. The van der Waals surface area contributed by atoms with Crippen molar-refractivity contribution in [1.29, 1.82) is 0 Å². The molecule has 0 aliphatic carbocycles. The van der Waals surface area contributed by atoms with Crippen LogP contribution in [0, 0.1) is 0 Å². The van der Waals surface area contributed by atoms with E-state index in [9.17, 15) is 9.59 Å². The summed E-state index contributed by atoms with van der Waals surface area (Å²) in [5, 5.41) is 11.4. The van der Waals surface area contributed by atoms with E-state index >= 15 is 0 Å². The number of methoxy groups -OCH3 is 1. The van der Waals surface area contributed by atoms with Gasteiger partial charge in [-0.15, -0.1) is 0 Å². The van der Waals surface area contributed by atoms with Crippen LogP contribution >= 0.6 is 0 Å². The van der Waals surface area contributed by atoms with E-state index in [-0.39, 0.29) is 11.5 Å². The van der Waals surface area contributed by atoms with E-state index in [0.717, 1.165) is 0 Å². The SMILES string of the molecule is COc1ccc(NC(=O)c2ccc(C(=O)O)cc2)cn1. The molecule has 0 saturated heterocycles. The number of hydrogen-bond donors (Lipinski definition) is 2. The summed E-state index contributed by atoms with van der Waals surface area (Å²) in [6, 6.07) is 8.96. The number of carboxylic acids is 1. The number of hydrogen-bond acceptors (Lipinski definition) is 4. The lowest BCUT2D eigenvalue weighted by Gasteiger charge is -2.06. The highest BCUT2D eigenvalue weighted by atomic mass is 16.5. The lowest BCUT2D eigenvalue weighted by Crippen LogP contribution is -2.12. The Morgan fingerprint density at radius 1 is 1.10 bits per heavy atom. The van der Waals surface area contributed by atoms with Gasteiger partial charge in [0.15, 0.2) is 0 Å². The van der Waals surface area contributed by atoms with Gasteiger partial charge in [-0.1, -0.05) is 0 Å². The number of aromatic carboxylic acids is 1. The van der Waals surface area contributed by atoms with Gasteiger partial charge in [0.1, 0.15) is 0 Å². The maximum absolute atomic E-state index is 11.9. The Morgan fingerprint density at radius 3 is 2.25 bits per heavy atom. The number of carbonyl (C=O) groups excluding carboxylic acids is 1. The highest BCUT2D eigenvalue weighted by molar-refractivity contribution is 6.04. The fourth-order valence-corrected chi connectivity index (χ4v) is 1.54. The minimum absolute atomic E-state index is 0.132. The van der Waals surface area contributed by atoms with Gasteiger partial charge >= 0.3 is 5.97 Å². The van der Waals surface area contributed by atoms with E-state index < -0.39 is 5.97 Å². The van der Waals surface area contributed by atoms with Gasteiger partial charge in [-0.05, 0) is 30.3 Å². The molecule has 6 heteroatoms. The lowest BCUT2D eigenvalue weighted by atomic mass is 10.1. The van der Waals surface area contributed by atoms with Crippen molar-refractivity contribution in [2.45, 2.75) is 0 Å². The molecule has 1 heterocycles. The van der Waals surface area contributed by atoms with E-state index in [4.69, 9.17) is 9.84 Å². The van der Waals surface area contributed by atoms with Crippen molar-refractivity contribution in [2.75, 3.05) is 12.4 Å². The molecule has 6 nitrogen and oxygen atoms in total. The van der Waals surface area contributed by atoms with Crippen LogP contribution in [0.4, 0.5) is 5.69 Å². The first-order valence-corrected chi connectivity index (χ1v) is 5.75. The predicted molar refractivity (Wildman–Crippen MR) is 72.1 cm³/mol. The number of amides is 1. The monoisotopic (exact) mass is 272 g/mol. The molecule has 1 aromatic heterocycles. The number of nitrogens with one attached hydrogen (secondary N) is 1. The van der Waals surface area contributed by atoms with Crippen molar-refractivity contribution in [3.63, 3.8) is 0 Å². The molecule has 0 atom stereocenters. The Kier molecular flexibility index (Phi) is 3.95. The van der Waals surface area contributed by atoms with Crippen molar-refractivity contribution in [3.05, 3.63) is 53.7 Å². The van der Waals surface area contributed by atoms with E-state index in [1.54, 1.807) is 12.1 Å². The van der Waals surface area contributed by atoms with Crippen LogP contribution in [0.5, 0.6) is 5.88 Å². The average molecular weight is 272 g/mol. The van der Waals surface area contributed by atoms with Crippen molar-refractivity contribution in [2.24, 2.45) is 0 Å². The molecule has 1 amide bonds. The summed E-state index contributed by atoms with van der Waals surface area (Å²) in [7, 11) is 1.50. The highest BCUT2D eigenvalue weighted by Gasteiger charge is 2.08. The highest BCUT2D eigenvalue weighted by Crippen LogP contribution is 2.13. The number of ether oxygens (including phenoxy) is 1. The van der Waals surface area contributed by atoms with Gasteiger partial charge in [0.25, 0.3) is 5.91 Å². The van der Waals surface area contributed by atoms with Crippen molar-refractivity contribution < 1.29 is 19.4 Å². The van der Waals surface area contributed by atoms with Gasteiger partial charge in [0.05, 0.1) is 24.6 Å². The maximum atomic E-state index is 11.9. The Labute approximate surface area is 115 Å². The summed E-state index contributed by atoms with van der Waals surface area (Å²) in [4.78, 5) is 26.6. The zero-order valence-electron chi connectivity index (χ0n) is 10.7. The average Bonchev–Trinajstić information content (AvgIpc) is 2.48. The van der Waals surface area contributed by atoms with Crippen LogP contribution in [0.25, 0.3) is 0 Å². The molecule has 0 spiro atoms. The van der Waals surface area contributed by atoms with E-state index in [1.807, 2.05) is 0 Å². The normalized spacial score (nSPS) is 9.85. The minimum Gasteiger partial charge on any atom is -0.481 e. The van der Waals surface area contributed by atoms with Crippen LogP contribution < -0.4 is 10.1 Å². The number of anilines is 1. The molecule has 0 saturated carbocycles. The fourth-order valence-electron chi connectivity index (χ4n) is 1.54. The molecule has 102 valence electrons. The topological polar surface area (TPSA) is 88.5 Å². The number of pyridine rings is 1. The standard InChI is InChI=1S/C14H12N2O4/c1-20-12-7-6-11(8-15-12)16-13(17)9-2-4-10(5-3-9)14(18)19/h2-8H,1H3,(H,16,17)(H,18,19). The molecule has 0 aliphatic rings. The van der Waals surface area contributed by atoms with Crippen LogP contribution in [-0.4, -0.2) is 29.1 Å². The van der Waals surface area contributed by atoms with Crippen molar-refractivity contribution in [3.8, 4) is 5.88 Å². The zero-order chi connectivity index (χ0) is 14.5. The van der Waals surface area contributed by atoms with Gasteiger partial charge in [-0.2, -0.15) is 0 Å². The van der Waals surface area contributed by atoms with Crippen LogP contribution in [0.15, 0.2) is 42.6 Å². The van der Waals surface area contributed by atoms with Gasteiger partial charge < -0.3 is 15.2 Å². The number of nitrogens with zero attached hydrogens (tertiary/aromatic N) is 1. The third-order valence-corrected chi connectivity index (χ3v) is 2.60. The van der Waals surface area contributed by atoms with Crippen LogP contribution in [0.3, 0.4) is 0 Å². The summed E-state index contributed by atoms with van der Waals surface area (Å²) < 4.78 is 4.91. The summed E-state index contributed by atoms with van der Waals surface area (Å²) in [6.45, 7) is 0. The Balaban J connectivity index is 2.08. The molecule has 20 heavy (non-hydrogen) atoms. The molecular formula is C14H12N2O4. The molecule has 0 aliphatic heterocycles. The minimum atomic E-state index is -1.03. The zero-order valence-corrected chi connectivity index (χ0v) is 10.7. The second kappa shape index (κ2) is 5.83. The molecule has 1 aromatic carbocycles. The summed E-state index contributed by atoms with van der Waals surface area (Å²) in [6.07, 6.45) is 1.47. The first-order chi connectivity index (χ1) is 9.60. The Bertz CT molecular complexity index is 621. The summed E-state index contributed by atoms with van der Waals surface area (Å²) in [5.74, 6) is -0.918. The number of rotatable bonds is 4. The number of benzene rings is 1. The van der Waals surface area contributed by atoms with Crippen LogP contribution in [0.2, 0.25) is 0 Å². The second-order valence-electron chi connectivity index (χ2n) is 3.93. The molecule has 0 unspecified atom stereocenters. The van der Waals surface area contributed by atoms with Crippen molar-refractivity contribution >= 4 is 17.6 Å². The first-order valence-electron chi connectivity index (χ1n) is 5.75. The van der Waals surface area contributed by atoms with Gasteiger partial charge in [-0.25, -0.2) is 9.78 Å². The van der Waals surface area contributed by atoms with Gasteiger partial charge in [-0.3, -0.25) is 4.79 Å². The Hall–Kier alpha value is -2.89. The van der Waals surface area contributed by atoms with E-state index in [1.165, 1.54) is 37.6 Å². The third kappa shape index (κ3) is 3.11. The molecular weight excluding hydrogens is 260 g/mol. The smallest absolute Gasteiger partial charge is 0.335 e. The number of aromatic nitrogens is 1. The number of carbonyl (C=O) groups is 2. The molecule has 0 radical (unpaired) electrons. The summed E-state index contributed by atoms with van der Waals surface area (Å²) in [5.41, 5.74) is 1.02. The van der Waals surface area contributed by atoms with Gasteiger partial charge in [0, 0.05) is 11.6 Å². The maximum Gasteiger partial charge on any atom is 0.335 e. The van der Waals surface area contributed by atoms with Crippen LogP contribution in [0.1, 0.15) is 20.7 Å². The lowest BCUT2D eigenvalue weighted by molar-refractivity contribution is 0.0696. The third-order valence-electron chi connectivity index (χ3n) is 2.60. The van der Waals surface area contributed by atoms with Crippen LogP contribution in [-0.2, 0) is 0 Å². The fraction of sp³-hybridized carbons (Fsp3) is 0.0714. The van der Waals surface area contributed by atoms with Crippen molar-refractivity contribution in [1.82, 2.24) is 4.98 Å². The quantitative estimate of drug-likeness (QED) is 0.889. The van der Waals surface area contributed by atoms with Gasteiger partial charge in [0.2, 0.25) is 5.88 Å². The molecule has 2 N–H and O–H groups in total. The molecule has 2 rings (SSSR count). The summed E-state index contributed by atoms with van der Waals surface area (Å²) >= 11 is 0. The largest absolute Gasteiger partial charge is 0.481 e. The predicted octanol–water partition coefficient (Wildman–Crippen LogP) is 2.04. The van der Waals surface area contributed by atoms with E-state index in [0.29, 0.717) is 17.1 Å². The first kappa shape index (κ1) is 13.5. The molecule has 0 bridgehead atoms. The second-order valence-corrected chi connectivity index (χ2v) is 3.93. The Morgan fingerprint density at radius 2 is 1.75 bits per heavy atom. The molecule has 0 fully saturated rings. The van der Waals surface area contributed by atoms with E-state index in [2.05, 4.69) is 10.3 Å². The number of carboxylic acid groups (broad SMARTS) is 1.